The molecule has 1 N–H and O–H groups in total. The Hall–Kier alpha value is -3.64. The quantitative estimate of drug-likeness (QED) is 0.223. The number of halogens is 1. The van der Waals surface area contributed by atoms with Crippen molar-refractivity contribution >= 4 is 44.2 Å². The van der Waals surface area contributed by atoms with Crippen LogP contribution >= 0.6 is 15.9 Å². The molecule has 5 rings (SSSR count). The lowest BCUT2D eigenvalue weighted by Gasteiger charge is -2.25. The van der Waals surface area contributed by atoms with Crippen LogP contribution in [-0.2, 0) is 16.1 Å². The first-order valence-electron chi connectivity index (χ1n) is 10.1. The van der Waals surface area contributed by atoms with Gasteiger partial charge in [-0.2, -0.15) is 0 Å². The molecule has 4 aromatic rings. The average Bonchev–Trinajstić information content (AvgIpc) is 3.41. The Morgan fingerprint density at radius 2 is 1.69 bits per heavy atom. The highest BCUT2D eigenvalue weighted by molar-refractivity contribution is 9.10. The van der Waals surface area contributed by atoms with Gasteiger partial charge in [0.25, 0.3) is 11.7 Å². The zero-order valence-corrected chi connectivity index (χ0v) is 18.5. The molecule has 1 fully saturated rings. The highest BCUT2D eigenvalue weighted by Crippen LogP contribution is 2.42. The third-order valence-electron chi connectivity index (χ3n) is 5.68. The number of aliphatic hydroxyl groups excluding tert-OH is 1. The van der Waals surface area contributed by atoms with Crippen molar-refractivity contribution in [1.29, 1.82) is 0 Å². The van der Waals surface area contributed by atoms with Crippen molar-refractivity contribution in [3.8, 4) is 0 Å². The van der Waals surface area contributed by atoms with E-state index in [9.17, 15) is 14.7 Å². The number of furan rings is 1. The number of benzene rings is 3. The minimum Gasteiger partial charge on any atom is -0.507 e. The van der Waals surface area contributed by atoms with Gasteiger partial charge in [-0.15, -0.1) is 0 Å². The van der Waals surface area contributed by atoms with Crippen LogP contribution in [0.2, 0.25) is 0 Å². The van der Waals surface area contributed by atoms with Crippen LogP contribution in [0.5, 0.6) is 0 Å². The Morgan fingerprint density at radius 1 is 0.938 bits per heavy atom. The van der Waals surface area contributed by atoms with Gasteiger partial charge in [0.05, 0.1) is 24.4 Å². The van der Waals surface area contributed by atoms with E-state index in [1.54, 1.807) is 36.4 Å². The summed E-state index contributed by atoms with van der Waals surface area (Å²) in [6.45, 7) is 0.114. The normalized spacial score (nSPS) is 17.9. The number of ketones is 1. The van der Waals surface area contributed by atoms with Gasteiger partial charge in [0, 0.05) is 10.0 Å². The monoisotopic (exact) mass is 487 g/mol. The fourth-order valence-electron chi connectivity index (χ4n) is 4.19. The van der Waals surface area contributed by atoms with Crippen LogP contribution in [0.4, 0.5) is 0 Å². The molecular formula is C26H18BrNO4. The van der Waals surface area contributed by atoms with Gasteiger partial charge in [-0.05, 0) is 40.6 Å². The van der Waals surface area contributed by atoms with E-state index in [4.69, 9.17) is 4.42 Å². The number of hydrogen-bond acceptors (Lipinski definition) is 4. The van der Waals surface area contributed by atoms with Crippen molar-refractivity contribution in [3.05, 3.63) is 112 Å². The number of carbonyl (C=O) groups excluding carboxylic acids is 2. The third kappa shape index (κ3) is 3.42. The molecule has 1 aromatic heterocycles. The Kier molecular flexibility index (Phi) is 5.15. The summed E-state index contributed by atoms with van der Waals surface area (Å²) in [5.41, 5.74) is 1.31. The lowest BCUT2D eigenvalue weighted by atomic mass is 9.91. The molecule has 158 valence electrons. The molecule has 5 nitrogen and oxygen atoms in total. The summed E-state index contributed by atoms with van der Waals surface area (Å²) < 4.78 is 6.30. The number of fused-ring (bicyclic) bond motifs is 1. The fraction of sp³-hybridized carbons (Fsp3) is 0.0769. The van der Waals surface area contributed by atoms with E-state index in [-0.39, 0.29) is 17.9 Å². The van der Waals surface area contributed by atoms with Gasteiger partial charge in [-0.3, -0.25) is 9.59 Å². The standard InChI is InChI=1S/C26H18BrNO4/c27-18-12-10-17(11-13-18)24(29)22-23(21-9-3-6-16-5-1-2-8-20(16)21)28(26(31)25(22)30)15-19-7-4-14-32-19/h1-14,23,29H,15H2/b24-22-. The van der Waals surface area contributed by atoms with Crippen LogP contribution in [0, 0.1) is 0 Å². The number of likely N-dealkylation sites (tertiary alicyclic amines) is 1. The molecule has 6 heteroatoms. The maximum absolute atomic E-state index is 13.2. The second-order valence-corrected chi connectivity index (χ2v) is 8.50. The van der Waals surface area contributed by atoms with Crippen molar-refractivity contribution < 1.29 is 19.1 Å². The molecule has 3 aromatic carbocycles. The second-order valence-electron chi connectivity index (χ2n) is 7.58. The predicted molar refractivity (Wildman–Crippen MR) is 125 cm³/mol. The highest BCUT2D eigenvalue weighted by Gasteiger charge is 2.46. The van der Waals surface area contributed by atoms with Crippen molar-refractivity contribution in [2.45, 2.75) is 12.6 Å². The summed E-state index contributed by atoms with van der Waals surface area (Å²) in [4.78, 5) is 27.8. The second kappa shape index (κ2) is 8.13. The summed E-state index contributed by atoms with van der Waals surface area (Å²) in [7, 11) is 0. The summed E-state index contributed by atoms with van der Waals surface area (Å²) in [5.74, 6) is -1.02. The summed E-state index contributed by atoms with van der Waals surface area (Å²) in [5, 5.41) is 13.1. The Labute approximate surface area is 192 Å². The van der Waals surface area contributed by atoms with Gasteiger partial charge in [0.1, 0.15) is 11.5 Å². The van der Waals surface area contributed by atoms with Crippen LogP contribution < -0.4 is 0 Å². The van der Waals surface area contributed by atoms with E-state index in [0.717, 1.165) is 20.8 Å². The number of amides is 1. The van der Waals surface area contributed by atoms with Crippen molar-refractivity contribution in [2.75, 3.05) is 0 Å². The Balaban J connectivity index is 1.74. The number of rotatable bonds is 4. The molecular weight excluding hydrogens is 470 g/mol. The third-order valence-corrected chi connectivity index (χ3v) is 6.21. The van der Waals surface area contributed by atoms with Crippen LogP contribution in [0.25, 0.3) is 16.5 Å². The van der Waals surface area contributed by atoms with E-state index in [0.29, 0.717) is 11.3 Å². The van der Waals surface area contributed by atoms with Gasteiger partial charge in [-0.25, -0.2) is 0 Å². The number of carbonyl (C=O) groups is 2. The number of Topliss-reactive ketones (excluding diaryl/α,β-unsaturated/α-hetero) is 1. The Bertz CT molecular complexity index is 1350. The van der Waals surface area contributed by atoms with E-state index >= 15 is 0 Å². The first kappa shape index (κ1) is 20.3. The van der Waals surface area contributed by atoms with Gasteiger partial charge < -0.3 is 14.4 Å². The maximum atomic E-state index is 13.2. The van der Waals surface area contributed by atoms with E-state index in [2.05, 4.69) is 15.9 Å². The SMILES string of the molecule is O=C1C(=O)N(Cc2ccco2)C(c2cccc3ccccc23)/C1=C(/O)c1ccc(Br)cc1. The van der Waals surface area contributed by atoms with Gasteiger partial charge in [-0.1, -0.05) is 70.5 Å². The smallest absolute Gasteiger partial charge is 0.296 e. The van der Waals surface area contributed by atoms with Crippen LogP contribution in [0.1, 0.15) is 22.9 Å². The molecule has 0 aliphatic carbocycles. The van der Waals surface area contributed by atoms with Crippen LogP contribution in [-0.4, -0.2) is 21.7 Å². The lowest BCUT2D eigenvalue weighted by molar-refractivity contribution is -0.140. The van der Waals surface area contributed by atoms with Crippen molar-refractivity contribution in [3.63, 3.8) is 0 Å². The van der Waals surface area contributed by atoms with Gasteiger partial charge in [0.2, 0.25) is 0 Å². The summed E-state index contributed by atoms with van der Waals surface area (Å²) >= 11 is 3.38. The lowest BCUT2D eigenvalue weighted by Crippen LogP contribution is -2.29. The number of aliphatic hydroxyl groups is 1. The Morgan fingerprint density at radius 3 is 2.44 bits per heavy atom. The molecule has 1 aliphatic heterocycles. The molecule has 1 amide bonds. The number of nitrogens with zero attached hydrogens (tertiary/aromatic N) is 1. The van der Waals surface area contributed by atoms with Crippen LogP contribution in [0.15, 0.2) is 99.6 Å². The zero-order chi connectivity index (χ0) is 22.2. The average molecular weight is 488 g/mol. The first-order chi connectivity index (χ1) is 15.5. The molecule has 1 unspecified atom stereocenters. The number of hydrogen-bond donors (Lipinski definition) is 1. The van der Waals surface area contributed by atoms with Crippen LogP contribution in [0.3, 0.4) is 0 Å². The van der Waals surface area contributed by atoms with Gasteiger partial charge >= 0.3 is 0 Å². The molecule has 1 atom stereocenters. The van der Waals surface area contributed by atoms with Gasteiger partial charge in [0.15, 0.2) is 0 Å². The summed E-state index contributed by atoms with van der Waals surface area (Å²) in [6.07, 6.45) is 1.53. The summed E-state index contributed by atoms with van der Waals surface area (Å²) in [6, 6.07) is 23.3. The topological polar surface area (TPSA) is 70.8 Å². The van der Waals surface area contributed by atoms with Crippen molar-refractivity contribution in [1.82, 2.24) is 4.90 Å². The van der Waals surface area contributed by atoms with E-state index < -0.39 is 17.7 Å². The maximum Gasteiger partial charge on any atom is 0.296 e. The van der Waals surface area contributed by atoms with Crippen molar-refractivity contribution in [2.24, 2.45) is 0 Å². The molecule has 1 aliphatic rings. The molecule has 0 radical (unpaired) electrons. The zero-order valence-electron chi connectivity index (χ0n) is 16.9. The molecule has 32 heavy (non-hydrogen) atoms. The molecule has 0 spiro atoms. The predicted octanol–water partition coefficient (Wildman–Crippen LogP) is 5.82. The molecule has 2 heterocycles. The minimum atomic E-state index is -0.755. The molecule has 0 bridgehead atoms. The van der Waals surface area contributed by atoms with E-state index in [1.807, 2.05) is 42.5 Å². The highest BCUT2D eigenvalue weighted by atomic mass is 79.9. The molecule has 1 saturated heterocycles. The first-order valence-corrected chi connectivity index (χ1v) is 10.9. The molecule has 0 saturated carbocycles. The van der Waals surface area contributed by atoms with E-state index in [1.165, 1.54) is 11.2 Å². The minimum absolute atomic E-state index is 0.0697. The largest absolute Gasteiger partial charge is 0.507 e. The fourth-order valence-corrected chi connectivity index (χ4v) is 4.45.